The molecule has 2 aromatic heterocycles. The van der Waals surface area contributed by atoms with Gasteiger partial charge in [0.25, 0.3) is 5.56 Å². The number of benzene rings is 1. The minimum Gasteiger partial charge on any atom is -0.497 e. The predicted molar refractivity (Wildman–Crippen MR) is 106 cm³/mol. The maximum absolute atomic E-state index is 13.3. The molecule has 0 aliphatic carbocycles. The first-order valence-corrected chi connectivity index (χ1v) is 9.76. The minimum absolute atomic E-state index is 0.0771. The first-order chi connectivity index (χ1) is 12.5. The van der Waals surface area contributed by atoms with Gasteiger partial charge in [-0.2, -0.15) is 0 Å². The first-order valence-electron chi connectivity index (χ1n) is 8.54. The van der Waals surface area contributed by atoms with Crippen LogP contribution in [0.15, 0.2) is 29.1 Å². The second-order valence-electron chi connectivity index (χ2n) is 6.75. The van der Waals surface area contributed by atoms with Crippen molar-refractivity contribution in [2.24, 2.45) is 0 Å². The van der Waals surface area contributed by atoms with Crippen LogP contribution in [0.4, 0.5) is 0 Å². The largest absolute Gasteiger partial charge is 0.497 e. The summed E-state index contributed by atoms with van der Waals surface area (Å²) in [6, 6.07) is 7.33. The van der Waals surface area contributed by atoms with E-state index in [1.165, 1.54) is 0 Å². The van der Waals surface area contributed by atoms with E-state index in [1.54, 1.807) is 23.0 Å². The number of thiophene rings is 1. The van der Waals surface area contributed by atoms with Crippen LogP contribution in [0.1, 0.15) is 30.7 Å². The Morgan fingerprint density at radius 3 is 2.77 bits per heavy atom. The molecule has 5 nitrogen and oxygen atoms in total. The number of methoxy groups -OCH3 is 1. The number of fused-ring (bicyclic) bond motifs is 3. The molecule has 1 atom stereocenters. The van der Waals surface area contributed by atoms with Gasteiger partial charge in [0.1, 0.15) is 10.6 Å². The standard InChI is InChI=1S/C19H20N2O3S2/c1-4-19(2)9-13-14(10-24-19)26-16-15(13)17(22)21(18(25)20-16)11-5-7-12(23-3)8-6-11/h5-8H,4,9-10H2,1-3H3,(H,20,25). The summed E-state index contributed by atoms with van der Waals surface area (Å²) in [4.78, 5) is 18.5. The molecule has 0 amide bonds. The Morgan fingerprint density at radius 2 is 2.12 bits per heavy atom. The lowest BCUT2D eigenvalue weighted by molar-refractivity contribution is -0.0543. The van der Waals surface area contributed by atoms with Crippen molar-refractivity contribution in [3.8, 4) is 11.4 Å². The van der Waals surface area contributed by atoms with Crippen molar-refractivity contribution in [2.45, 2.75) is 38.9 Å². The molecule has 0 fully saturated rings. The number of aromatic amines is 1. The smallest absolute Gasteiger partial charge is 0.267 e. The van der Waals surface area contributed by atoms with E-state index >= 15 is 0 Å². The lowest BCUT2D eigenvalue weighted by Crippen LogP contribution is -2.34. The molecule has 1 aromatic carbocycles. The number of nitrogens with zero attached hydrogens (tertiary/aromatic N) is 1. The monoisotopic (exact) mass is 388 g/mol. The van der Waals surface area contributed by atoms with E-state index in [-0.39, 0.29) is 11.2 Å². The molecule has 26 heavy (non-hydrogen) atoms. The summed E-state index contributed by atoms with van der Waals surface area (Å²) in [7, 11) is 1.62. The van der Waals surface area contributed by atoms with E-state index in [2.05, 4.69) is 18.8 Å². The van der Waals surface area contributed by atoms with Gasteiger partial charge in [-0.1, -0.05) is 6.92 Å². The maximum Gasteiger partial charge on any atom is 0.267 e. The van der Waals surface area contributed by atoms with Crippen molar-refractivity contribution in [2.75, 3.05) is 7.11 Å². The highest BCUT2D eigenvalue weighted by atomic mass is 32.1. The summed E-state index contributed by atoms with van der Waals surface area (Å²) >= 11 is 7.04. The lowest BCUT2D eigenvalue weighted by Gasteiger charge is -2.32. The van der Waals surface area contributed by atoms with Gasteiger partial charge in [-0.15, -0.1) is 11.3 Å². The third-order valence-electron chi connectivity index (χ3n) is 5.11. The number of rotatable bonds is 3. The van der Waals surface area contributed by atoms with Crippen LogP contribution in [-0.4, -0.2) is 22.3 Å². The third kappa shape index (κ3) is 2.71. The van der Waals surface area contributed by atoms with Crippen LogP contribution in [0, 0.1) is 4.77 Å². The molecule has 1 unspecified atom stereocenters. The number of hydrogen-bond acceptors (Lipinski definition) is 5. The van der Waals surface area contributed by atoms with Crippen molar-refractivity contribution >= 4 is 33.8 Å². The first kappa shape index (κ1) is 17.5. The lowest BCUT2D eigenvalue weighted by atomic mass is 9.90. The number of H-pyrrole nitrogens is 1. The molecule has 1 N–H and O–H groups in total. The Hall–Kier alpha value is -1.96. The van der Waals surface area contributed by atoms with Crippen molar-refractivity contribution in [3.05, 3.63) is 49.8 Å². The highest BCUT2D eigenvalue weighted by molar-refractivity contribution is 7.71. The number of ether oxygens (including phenoxy) is 2. The van der Waals surface area contributed by atoms with Crippen LogP contribution in [0.2, 0.25) is 0 Å². The van der Waals surface area contributed by atoms with Gasteiger partial charge in [-0.3, -0.25) is 9.36 Å². The van der Waals surface area contributed by atoms with Gasteiger partial charge in [-0.05, 0) is 55.4 Å². The molecule has 3 aromatic rings. The van der Waals surface area contributed by atoms with Crippen molar-refractivity contribution in [1.29, 1.82) is 0 Å². The second-order valence-corrected chi connectivity index (χ2v) is 8.24. The summed E-state index contributed by atoms with van der Waals surface area (Å²) < 4.78 is 13.2. The molecular weight excluding hydrogens is 368 g/mol. The van der Waals surface area contributed by atoms with Gasteiger partial charge < -0.3 is 14.5 Å². The van der Waals surface area contributed by atoms with Crippen LogP contribution in [0.3, 0.4) is 0 Å². The Bertz CT molecular complexity index is 1090. The van der Waals surface area contributed by atoms with E-state index < -0.39 is 0 Å². The van der Waals surface area contributed by atoms with Crippen LogP contribution in [-0.2, 0) is 17.8 Å². The normalized spacial score (nSPS) is 19.5. The van der Waals surface area contributed by atoms with Crippen LogP contribution >= 0.6 is 23.6 Å². The fourth-order valence-corrected chi connectivity index (χ4v) is 4.82. The van der Waals surface area contributed by atoms with Gasteiger partial charge in [0.05, 0.1) is 30.4 Å². The fraction of sp³-hybridized carbons (Fsp3) is 0.368. The molecule has 136 valence electrons. The summed E-state index contributed by atoms with van der Waals surface area (Å²) in [6.07, 6.45) is 1.64. The molecule has 0 spiro atoms. The zero-order chi connectivity index (χ0) is 18.5. The average Bonchev–Trinajstić information content (AvgIpc) is 2.99. The molecule has 3 heterocycles. The molecule has 0 saturated heterocycles. The van der Waals surface area contributed by atoms with Crippen molar-refractivity contribution in [3.63, 3.8) is 0 Å². The molecule has 1 aliphatic rings. The zero-order valence-corrected chi connectivity index (χ0v) is 16.6. The molecule has 7 heteroatoms. The number of hydrogen-bond donors (Lipinski definition) is 1. The Balaban J connectivity index is 1.95. The van der Waals surface area contributed by atoms with Crippen LogP contribution in [0.25, 0.3) is 15.9 Å². The summed E-state index contributed by atoms with van der Waals surface area (Å²) in [5.74, 6) is 0.738. The fourth-order valence-electron chi connectivity index (χ4n) is 3.34. The zero-order valence-electron chi connectivity index (χ0n) is 14.9. The van der Waals surface area contributed by atoms with E-state index in [0.29, 0.717) is 11.4 Å². The Morgan fingerprint density at radius 1 is 1.38 bits per heavy atom. The SMILES string of the molecule is CCC1(C)Cc2c(sc3[nH]c(=S)n(-c4ccc(OC)cc4)c(=O)c23)CO1. The topological polar surface area (TPSA) is 56.2 Å². The second kappa shape index (κ2) is 6.33. The van der Waals surface area contributed by atoms with E-state index in [4.69, 9.17) is 21.7 Å². The molecule has 0 bridgehead atoms. The maximum atomic E-state index is 13.3. The molecule has 0 saturated carbocycles. The van der Waals surface area contributed by atoms with Crippen LogP contribution < -0.4 is 10.3 Å². The van der Waals surface area contributed by atoms with E-state index in [0.717, 1.165) is 44.9 Å². The van der Waals surface area contributed by atoms with Crippen molar-refractivity contribution in [1.82, 2.24) is 9.55 Å². The van der Waals surface area contributed by atoms with Gasteiger partial charge in [0, 0.05) is 11.3 Å². The minimum atomic E-state index is -0.231. The number of nitrogens with one attached hydrogen (secondary N) is 1. The van der Waals surface area contributed by atoms with Gasteiger partial charge >= 0.3 is 0 Å². The predicted octanol–water partition coefficient (Wildman–Crippen LogP) is 4.36. The highest BCUT2D eigenvalue weighted by Gasteiger charge is 2.33. The summed E-state index contributed by atoms with van der Waals surface area (Å²) in [5.41, 5.74) is 1.51. The van der Waals surface area contributed by atoms with E-state index in [1.807, 2.05) is 24.3 Å². The highest BCUT2D eigenvalue weighted by Crippen LogP contribution is 2.38. The molecule has 0 radical (unpaired) electrons. The Labute approximate surface area is 160 Å². The van der Waals surface area contributed by atoms with Crippen molar-refractivity contribution < 1.29 is 9.47 Å². The molecular formula is C19H20N2O3S2. The summed E-state index contributed by atoms with van der Waals surface area (Å²) in [6.45, 7) is 4.76. The van der Waals surface area contributed by atoms with Crippen LogP contribution in [0.5, 0.6) is 5.75 Å². The van der Waals surface area contributed by atoms with Gasteiger partial charge in [0.2, 0.25) is 0 Å². The van der Waals surface area contributed by atoms with Gasteiger partial charge in [-0.25, -0.2) is 0 Å². The third-order valence-corrected chi connectivity index (χ3v) is 6.52. The van der Waals surface area contributed by atoms with Gasteiger partial charge in [0.15, 0.2) is 4.77 Å². The molecule has 4 rings (SSSR count). The quantitative estimate of drug-likeness (QED) is 0.678. The summed E-state index contributed by atoms with van der Waals surface area (Å²) in [5, 5.41) is 0.734. The molecule has 1 aliphatic heterocycles. The average molecular weight is 389 g/mol. The number of aromatic nitrogens is 2. The Kier molecular flexibility index (Phi) is 4.25. The van der Waals surface area contributed by atoms with E-state index in [9.17, 15) is 4.79 Å².